The molecule has 0 radical (unpaired) electrons. The van der Waals surface area contributed by atoms with Crippen LogP contribution in [0.15, 0.2) is 11.8 Å². The number of hydrogen-bond acceptors (Lipinski definition) is 5. The van der Waals surface area contributed by atoms with Crippen LogP contribution in [0.25, 0.3) is 0 Å². The van der Waals surface area contributed by atoms with Crippen molar-refractivity contribution in [3.05, 3.63) is 11.8 Å². The zero-order valence-electron chi connectivity index (χ0n) is 14.2. The minimum absolute atomic E-state index is 0.0332. The number of methoxy groups -OCH3 is 1. The summed E-state index contributed by atoms with van der Waals surface area (Å²) in [6.45, 7) is 5.49. The van der Waals surface area contributed by atoms with E-state index in [9.17, 15) is 9.59 Å². The van der Waals surface area contributed by atoms with E-state index in [0.717, 1.165) is 12.8 Å². The summed E-state index contributed by atoms with van der Waals surface area (Å²) < 4.78 is 10.1. The van der Waals surface area contributed by atoms with Crippen LogP contribution in [0.2, 0.25) is 0 Å². The molecule has 0 amide bonds. The minimum atomic E-state index is -0.614. The van der Waals surface area contributed by atoms with E-state index >= 15 is 0 Å². The van der Waals surface area contributed by atoms with Gasteiger partial charge >= 0.3 is 11.9 Å². The maximum atomic E-state index is 12.4. The van der Waals surface area contributed by atoms with Gasteiger partial charge in [0.25, 0.3) is 0 Å². The second-order valence-corrected chi connectivity index (χ2v) is 6.99. The Morgan fingerprint density at radius 1 is 1.23 bits per heavy atom. The summed E-state index contributed by atoms with van der Waals surface area (Å²) in [5.74, 6) is -0.962. The number of carbonyl (C=O) groups excluding carboxylic acids is 2. The van der Waals surface area contributed by atoms with E-state index in [1.165, 1.54) is 32.4 Å². The van der Waals surface area contributed by atoms with Gasteiger partial charge < -0.3 is 15.2 Å². The Bertz CT molecular complexity index is 417. The molecule has 5 heteroatoms. The van der Waals surface area contributed by atoms with E-state index in [0.29, 0.717) is 12.3 Å². The van der Waals surface area contributed by atoms with Crippen molar-refractivity contribution in [3.8, 4) is 0 Å². The Kier molecular flexibility index (Phi) is 6.91. The van der Waals surface area contributed by atoms with Gasteiger partial charge in [0.2, 0.25) is 0 Å². The topological polar surface area (TPSA) is 78.6 Å². The Balaban J connectivity index is 2.83. The Hall–Kier alpha value is -1.52. The predicted octanol–water partition coefficient (Wildman–Crippen LogP) is 2.93. The lowest BCUT2D eigenvalue weighted by atomic mass is 9.82. The SMILES string of the molecule is COC(=O)C(N)=CC(CC1CCCCC1)C(=O)OC(C)(C)C. The molecular weight excluding hydrogens is 282 g/mol. The van der Waals surface area contributed by atoms with Crippen LogP contribution in [0.3, 0.4) is 0 Å². The van der Waals surface area contributed by atoms with Gasteiger partial charge in [0.05, 0.1) is 13.0 Å². The minimum Gasteiger partial charge on any atom is -0.464 e. The molecule has 1 fully saturated rings. The van der Waals surface area contributed by atoms with Gasteiger partial charge in [-0.15, -0.1) is 0 Å². The summed E-state index contributed by atoms with van der Waals surface area (Å²) >= 11 is 0. The van der Waals surface area contributed by atoms with Crippen LogP contribution in [-0.4, -0.2) is 24.6 Å². The lowest BCUT2D eigenvalue weighted by Crippen LogP contribution is -2.30. The van der Waals surface area contributed by atoms with Gasteiger partial charge in [0.1, 0.15) is 11.3 Å². The quantitative estimate of drug-likeness (QED) is 0.624. The molecule has 1 saturated carbocycles. The van der Waals surface area contributed by atoms with Gasteiger partial charge in [-0.25, -0.2) is 4.79 Å². The highest BCUT2D eigenvalue weighted by atomic mass is 16.6. The molecule has 1 aliphatic carbocycles. The Morgan fingerprint density at radius 2 is 1.82 bits per heavy atom. The van der Waals surface area contributed by atoms with Crippen LogP contribution >= 0.6 is 0 Å². The van der Waals surface area contributed by atoms with E-state index in [1.807, 2.05) is 20.8 Å². The van der Waals surface area contributed by atoms with Crippen molar-refractivity contribution in [2.45, 2.75) is 64.9 Å². The molecule has 1 rings (SSSR count). The van der Waals surface area contributed by atoms with Crippen LogP contribution in [0.5, 0.6) is 0 Å². The van der Waals surface area contributed by atoms with E-state index in [1.54, 1.807) is 0 Å². The normalized spacial score (nSPS) is 18.6. The van der Waals surface area contributed by atoms with E-state index in [2.05, 4.69) is 4.74 Å². The summed E-state index contributed by atoms with van der Waals surface area (Å²) in [6, 6.07) is 0. The van der Waals surface area contributed by atoms with Gasteiger partial charge in [0.15, 0.2) is 0 Å². The van der Waals surface area contributed by atoms with Gasteiger partial charge in [-0.3, -0.25) is 4.79 Å². The molecule has 0 bridgehead atoms. The maximum absolute atomic E-state index is 12.4. The van der Waals surface area contributed by atoms with E-state index in [4.69, 9.17) is 10.5 Å². The predicted molar refractivity (Wildman–Crippen MR) is 84.8 cm³/mol. The van der Waals surface area contributed by atoms with Crippen molar-refractivity contribution in [1.29, 1.82) is 0 Å². The molecule has 126 valence electrons. The molecule has 22 heavy (non-hydrogen) atoms. The third kappa shape index (κ3) is 6.50. The molecule has 1 aliphatic rings. The van der Waals surface area contributed by atoms with Crippen molar-refractivity contribution >= 4 is 11.9 Å². The zero-order chi connectivity index (χ0) is 16.8. The summed E-state index contributed by atoms with van der Waals surface area (Å²) in [4.78, 5) is 23.9. The number of esters is 2. The summed E-state index contributed by atoms with van der Waals surface area (Å²) in [6.07, 6.45) is 8.05. The van der Waals surface area contributed by atoms with Crippen molar-refractivity contribution in [1.82, 2.24) is 0 Å². The van der Waals surface area contributed by atoms with Gasteiger partial charge in [-0.2, -0.15) is 0 Å². The standard InChI is InChI=1S/C17H29NO4/c1-17(2,3)22-15(19)13(11-14(18)16(20)21-4)10-12-8-6-5-7-9-12/h11-13H,5-10,18H2,1-4H3. The highest BCUT2D eigenvalue weighted by Crippen LogP contribution is 2.30. The summed E-state index contributed by atoms with van der Waals surface area (Å²) in [7, 11) is 1.27. The third-order valence-corrected chi connectivity index (χ3v) is 3.82. The number of hydrogen-bond donors (Lipinski definition) is 1. The lowest BCUT2D eigenvalue weighted by Gasteiger charge is -2.27. The highest BCUT2D eigenvalue weighted by molar-refractivity contribution is 5.88. The van der Waals surface area contributed by atoms with Crippen molar-refractivity contribution < 1.29 is 19.1 Å². The Labute approximate surface area is 133 Å². The van der Waals surface area contributed by atoms with Gasteiger partial charge in [-0.1, -0.05) is 32.1 Å². The lowest BCUT2D eigenvalue weighted by molar-refractivity contribution is -0.158. The van der Waals surface area contributed by atoms with Gasteiger partial charge in [-0.05, 0) is 39.2 Å². The monoisotopic (exact) mass is 311 g/mol. The van der Waals surface area contributed by atoms with Crippen LogP contribution < -0.4 is 5.73 Å². The summed E-state index contributed by atoms with van der Waals surface area (Å²) in [5.41, 5.74) is 5.12. The second-order valence-electron chi connectivity index (χ2n) is 6.99. The number of ether oxygens (including phenoxy) is 2. The van der Waals surface area contributed by atoms with E-state index in [-0.39, 0.29) is 11.7 Å². The summed E-state index contributed by atoms with van der Waals surface area (Å²) in [5, 5.41) is 0. The molecule has 1 atom stereocenters. The second kappa shape index (κ2) is 8.20. The molecular formula is C17H29NO4. The molecule has 0 aromatic rings. The molecule has 0 aliphatic heterocycles. The first-order chi connectivity index (χ1) is 10.2. The molecule has 0 spiro atoms. The Morgan fingerprint density at radius 3 is 2.32 bits per heavy atom. The first-order valence-corrected chi connectivity index (χ1v) is 8.01. The van der Waals surface area contributed by atoms with E-state index < -0.39 is 17.5 Å². The molecule has 0 aromatic heterocycles. The fourth-order valence-corrected chi connectivity index (χ4v) is 2.79. The molecule has 1 unspecified atom stereocenters. The zero-order valence-corrected chi connectivity index (χ0v) is 14.2. The van der Waals surface area contributed by atoms with Crippen molar-refractivity contribution in [2.24, 2.45) is 17.6 Å². The fraction of sp³-hybridized carbons (Fsp3) is 0.765. The number of rotatable bonds is 5. The third-order valence-electron chi connectivity index (χ3n) is 3.82. The molecule has 0 aromatic carbocycles. The number of carbonyl (C=O) groups is 2. The smallest absolute Gasteiger partial charge is 0.353 e. The van der Waals surface area contributed by atoms with Crippen LogP contribution in [-0.2, 0) is 19.1 Å². The average molecular weight is 311 g/mol. The first kappa shape index (κ1) is 18.5. The largest absolute Gasteiger partial charge is 0.464 e. The highest BCUT2D eigenvalue weighted by Gasteiger charge is 2.28. The molecule has 2 N–H and O–H groups in total. The van der Waals surface area contributed by atoms with Crippen LogP contribution in [0, 0.1) is 11.8 Å². The fourth-order valence-electron chi connectivity index (χ4n) is 2.79. The first-order valence-electron chi connectivity index (χ1n) is 8.01. The molecule has 5 nitrogen and oxygen atoms in total. The maximum Gasteiger partial charge on any atom is 0.353 e. The van der Waals surface area contributed by atoms with Crippen LogP contribution in [0.1, 0.15) is 59.3 Å². The average Bonchev–Trinajstić information content (AvgIpc) is 2.44. The molecule has 0 saturated heterocycles. The van der Waals surface area contributed by atoms with Crippen LogP contribution in [0.4, 0.5) is 0 Å². The van der Waals surface area contributed by atoms with Crippen molar-refractivity contribution in [2.75, 3.05) is 7.11 Å². The number of nitrogens with two attached hydrogens (primary N) is 1. The van der Waals surface area contributed by atoms with Gasteiger partial charge in [0, 0.05) is 0 Å². The molecule has 0 heterocycles. The van der Waals surface area contributed by atoms with Crippen molar-refractivity contribution in [3.63, 3.8) is 0 Å².